The van der Waals surface area contributed by atoms with Crippen LogP contribution in [0.5, 0.6) is 0 Å². The van der Waals surface area contributed by atoms with Crippen LogP contribution in [0.25, 0.3) is 0 Å². The smallest absolute Gasteiger partial charge is 0.129 e. The Bertz CT molecular complexity index is 558. The third-order valence-corrected chi connectivity index (χ3v) is 3.64. The van der Waals surface area contributed by atoms with Gasteiger partial charge in [-0.05, 0) is 36.1 Å². The summed E-state index contributed by atoms with van der Waals surface area (Å²) in [6.07, 6.45) is 2.30. The third kappa shape index (κ3) is 4.11. The largest absolute Gasteiger partial charge is 0.388 e. The van der Waals surface area contributed by atoms with Crippen molar-refractivity contribution in [2.24, 2.45) is 0 Å². The molecule has 0 saturated heterocycles. The van der Waals surface area contributed by atoms with E-state index >= 15 is 0 Å². The predicted molar refractivity (Wildman–Crippen MR) is 80.1 cm³/mol. The minimum atomic E-state index is -0.906. The van der Waals surface area contributed by atoms with Crippen molar-refractivity contribution in [1.82, 2.24) is 0 Å². The molecule has 2 aromatic carbocycles. The van der Waals surface area contributed by atoms with Gasteiger partial charge in [0, 0.05) is 12.0 Å². The van der Waals surface area contributed by atoms with Gasteiger partial charge in [-0.25, -0.2) is 8.78 Å². The van der Waals surface area contributed by atoms with Gasteiger partial charge >= 0.3 is 0 Å². The molecular formula is C18H20F2O. The van der Waals surface area contributed by atoms with Gasteiger partial charge in [-0.15, -0.1) is 0 Å². The molecule has 1 unspecified atom stereocenters. The number of aliphatic hydroxyl groups excluding tert-OH is 1. The Hall–Kier alpha value is -1.74. The van der Waals surface area contributed by atoms with Gasteiger partial charge in [-0.3, -0.25) is 0 Å². The van der Waals surface area contributed by atoms with Gasteiger partial charge in [-0.1, -0.05) is 43.7 Å². The minimum Gasteiger partial charge on any atom is -0.388 e. The maximum atomic E-state index is 13.6. The molecule has 0 aliphatic heterocycles. The zero-order valence-corrected chi connectivity index (χ0v) is 12.2. The molecule has 0 bridgehead atoms. The normalized spacial score (nSPS) is 12.4. The zero-order valence-electron chi connectivity index (χ0n) is 12.2. The van der Waals surface area contributed by atoms with Crippen molar-refractivity contribution in [3.05, 3.63) is 70.8 Å². The fourth-order valence-electron chi connectivity index (χ4n) is 2.33. The van der Waals surface area contributed by atoms with Crippen LogP contribution in [-0.4, -0.2) is 5.11 Å². The van der Waals surface area contributed by atoms with Gasteiger partial charge in [0.15, 0.2) is 0 Å². The topological polar surface area (TPSA) is 20.2 Å². The minimum absolute atomic E-state index is 0.0627. The molecule has 1 N–H and O–H groups in total. The van der Waals surface area contributed by atoms with Gasteiger partial charge in [0.2, 0.25) is 0 Å². The molecule has 1 nitrogen and oxygen atoms in total. The van der Waals surface area contributed by atoms with Crippen LogP contribution >= 0.6 is 0 Å². The standard InChI is InChI=1S/C18H20F2O/c1-2-3-5-13-8-10-14(11-9-13)18(21)12-15-16(19)6-4-7-17(15)20/h4,6-11,18,21H,2-3,5,12H2,1H3. The molecule has 21 heavy (non-hydrogen) atoms. The molecule has 0 radical (unpaired) electrons. The SMILES string of the molecule is CCCCc1ccc(C(O)Cc2c(F)cccc2F)cc1. The Morgan fingerprint density at radius 2 is 1.62 bits per heavy atom. The van der Waals surface area contributed by atoms with E-state index in [0.717, 1.165) is 19.3 Å². The van der Waals surface area contributed by atoms with Gasteiger partial charge in [0.05, 0.1) is 6.10 Å². The lowest BCUT2D eigenvalue weighted by molar-refractivity contribution is 0.175. The molecule has 0 aromatic heterocycles. The maximum Gasteiger partial charge on any atom is 0.129 e. The number of hydrogen-bond acceptors (Lipinski definition) is 1. The van der Waals surface area contributed by atoms with Crippen LogP contribution in [0.3, 0.4) is 0 Å². The lowest BCUT2D eigenvalue weighted by atomic mass is 9.98. The first-order valence-corrected chi connectivity index (χ1v) is 7.31. The quantitative estimate of drug-likeness (QED) is 0.825. The van der Waals surface area contributed by atoms with Crippen molar-refractivity contribution in [3.63, 3.8) is 0 Å². The first-order valence-electron chi connectivity index (χ1n) is 7.31. The summed E-state index contributed by atoms with van der Waals surface area (Å²) in [4.78, 5) is 0. The maximum absolute atomic E-state index is 13.6. The second-order valence-electron chi connectivity index (χ2n) is 5.27. The van der Waals surface area contributed by atoms with E-state index in [9.17, 15) is 13.9 Å². The second kappa shape index (κ2) is 7.32. The summed E-state index contributed by atoms with van der Waals surface area (Å²) in [7, 11) is 0. The lowest BCUT2D eigenvalue weighted by Gasteiger charge is -2.13. The van der Waals surface area contributed by atoms with Crippen LogP contribution in [0, 0.1) is 11.6 Å². The van der Waals surface area contributed by atoms with Gasteiger partial charge < -0.3 is 5.11 Å². The molecule has 0 aliphatic carbocycles. The van der Waals surface area contributed by atoms with Crippen LogP contribution in [0.1, 0.15) is 42.6 Å². The predicted octanol–water partition coefficient (Wildman–Crippen LogP) is 4.58. The molecule has 0 saturated carbocycles. The van der Waals surface area contributed by atoms with Gasteiger partial charge in [0.25, 0.3) is 0 Å². The Morgan fingerprint density at radius 3 is 2.19 bits per heavy atom. The molecule has 0 aliphatic rings. The zero-order chi connectivity index (χ0) is 15.2. The third-order valence-electron chi connectivity index (χ3n) is 3.64. The van der Waals surface area contributed by atoms with Crippen molar-refractivity contribution >= 4 is 0 Å². The molecular weight excluding hydrogens is 270 g/mol. The highest BCUT2D eigenvalue weighted by molar-refractivity contribution is 5.27. The summed E-state index contributed by atoms with van der Waals surface area (Å²) < 4.78 is 27.2. The summed E-state index contributed by atoms with van der Waals surface area (Å²) in [6, 6.07) is 11.3. The van der Waals surface area contributed by atoms with Crippen molar-refractivity contribution in [2.75, 3.05) is 0 Å². The number of halogens is 2. The number of unbranched alkanes of at least 4 members (excludes halogenated alkanes) is 1. The monoisotopic (exact) mass is 290 g/mol. The summed E-state index contributed by atoms with van der Waals surface area (Å²) in [6.45, 7) is 2.14. The van der Waals surface area contributed by atoms with Crippen LogP contribution < -0.4 is 0 Å². The molecule has 2 aromatic rings. The van der Waals surface area contributed by atoms with Crippen molar-refractivity contribution in [1.29, 1.82) is 0 Å². The van der Waals surface area contributed by atoms with Crippen molar-refractivity contribution in [3.8, 4) is 0 Å². The van der Waals surface area contributed by atoms with E-state index in [2.05, 4.69) is 6.92 Å². The van der Waals surface area contributed by atoms with Crippen LogP contribution in [-0.2, 0) is 12.8 Å². The highest BCUT2D eigenvalue weighted by Crippen LogP contribution is 2.22. The van der Waals surface area contributed by atoms with Gasteiger partial charge in [0.1, 0.15) is 11.6 Å². The Labute approximate surface area is 124 Å². The lowest BCUT2D eigenvalue weighted by Crippen LogP contribution is -2.06. The highest BCUT2D eigenvalue weighted by atomic mass is 19.1. The number of aliphatic hydroxyl groups is 1. The number of benzene rings is 2. The summed E-state index contributed by atoms with van der Waals surface area (Å²) >= 11 is 0. The summed E-state index contributed by atoms with van der Waals surface area (Å²) in [5, 5.41) is 10.2. The molecule has 0 spiro atoms. The van der Waals surface area contributed by atoms with Crippen molar-refractivity contribution < 1.29 is 13.9 Å². The number of aryl methyl sites for hydroxylation is 1. The molecule has 0 amide bonds. The van der Waals surface area contributed by atoms with E-state index in [1.165, 1.54) is 23.8 Å². The molecule has 0 fully saturated rings. The van der Waals surface area contributed by atoms with Crippen LogP contribution in [0.2, 0.25) is 0 Å². The summed E-state index contributed by atoms with van der Waals surface area (Å²) in [5.74, 6) is -1.23. The van der Waals surface area contributed by atoms with E-state index in [0.29, 0.717) is 5.56 Å². The Balaban J connectivity index is 2.08. The number of rotatable bonds is 6. The fourth-order valence-corrected chi connectivity index (χ4v) is 2.33. The Morgan fingerprint density at radius 1 is 1.00 bits per heavy atom. The van der Waals surface area contributed by atoms with Crippen LogP contribution in [0.15, 0.2) is 42.5 Å². The molecule has 1 atom stereocenters. The van der Waals surface area contributed by atoms with Gasteiger partial charge in [-0.2, -0.15) is 0 Å². The fraction of sp³-hybridized carbons (Fsp3) is 0.333. The van der Waals surface area contributed by atoms with E-state index in [1.54, 1.807) is 0 Å². The highest BCUT2D eigenvalue weighted by Gasteiger charge is 2.15. The molecule has 2 rings (SSSR count). The van der Waals surface area contributed by atoms with E-state index in [-0.39, 0.29) is 12.0 Å². The molecule has 0 heterocycles. The number of hydrogen-bond donors (Lipinski definition) is 1. The average Bonchev–Trinajstić information content (AvgIpc) is 2.49. The summed E-state index contributed by atoms with van der Waals surface area (Å²) in [5.41, 5.74) is 1.82. The first-order chi connectivity index (χ1) is 10.1. The average molecular weight is 290 g/mol. The molecule has 3 heteroatoms. The first kappa shape index (κ1) is 15.6. The van der Waals surface area contributed by atoms with E-state index in [1.807, 2.05) is 24.3 Å². The van der Waals surface area contributed by atoms with E-state index in [4.69, 9.17) is 0 Å². The van der Waals surface area contributed by atoms with Crippen molar-refractivity contribution in [2.45, 2.75) is 38.7 Å². The van der Waals surface area contributed by atoms with E-state index < -0.39 is 17.7 Å². The molecule has 112 valence electrons. The van der Waals surface area contributed by atoms with Crippen LogP contribution in [0.4, 0.5) is 8.78 Å². The Kier molecular flexibility index (Phi) is 5.45. The second-order valence-corrected chi connectivity index (χ2v) is 5.27.